The molecule has 6 heteroatoms. The van der Waals surface area contributed by atoms with Gasteiger partial charge in [-0.2, -0.15) is 5.10 Å². The number of fused-ring (bicyclic) bond motifs is 1. The van der Waals surface area contributed by atoms with E-state index in [0.29, 0.717) is 5.84 Å². The Balaban J connectivity index is 1.53. The molecule has 3 heterocycles. The molecule has 2 aliphatic heterocycles. The lowest BCUT2D eigenvalue weighted by molar-refractivity contribution is 0.122. The van der Waals surface area contributed by atoms with Crippen LogP contribution >= 0.6 is 0 Å². The highest BCUT2D eigenvalue weighted by Crippen LogP contribution is 2.28. The number of hydrogen-bond acceptors (Lipinski definition) is 6. The first kappa shape index (κ1) is 18.5. The minimum atomic E-state index is 0.711. The number of aryl methyl sites for hydroxylation is 1. The van der Waals surface area contributed by atoms with E-state index in [4.69, 9.17) is 14.8 Å². The summed E-state index contributed by atoms with van der Waals surface area (Å²) in [4.78, 5) is 11.3. The number of ether oxygens (including phenoxy) is 1. The summed E-state index contributed by atoms with van der Waals surface area (Å²) in [6.07, 6.45) is 3.52. The minimum absolute atomic E-state index is 0.711. The molecule has 2 aromatic carbocycles. The highest BCUT2D eigenvalue weighted by atomic mass is 16.5. The van der Waals surface area contributed by atoms with E-state index in [-0.39, 0.29) is 0 Å². The molecule has 3 aromatic rings. The van der Waals surface area contributed by atoms with Crippen molar-refractivity contribution in [1.82, 2.24) is 10.4 Å². The quantitative estimate of drug-likeness (QED) is 0.733. The van der Waals surface area contributed by atoms with Crippen molar-refractivity contribution in [2.75, 3.05) is 31.2 Å². The van der Waals surface area contributed by atoms with Crippen LogP contribution in [0.2, 0.25) is 0 Å². The van der Waals surface area contributed by atoms with Crippen molar-refractivity contribution in [3.63, 3.8) is 0 Å². The summed E-state index contributed by atoms with van der Waals surface area (Å²) in [6, 6.07) is 18.7. The average Bonchev–Trinajstić information content (AvgIpc) is 3.00. The van der Waals surface area contributed by atoms with Gasteiger partial charge in [0.25, 0.3) is 0 Å². The van der Waals surface area contributed by atoms with E-state index >= 15 is 0 Å². The van der Waals surface area contributed by atoms with Crippen LogP contribution in [-0.4, -0.2) is 42.8 Å². The van der Waals surface area contributed by atoms with E-state index in [2.05, 4.69) is 64.7 Å². The van der Waals surface area contributed by atoms with E-state index in [1.807, 2.05) is 12.1 Å². The number of hydrogen-bond donors (Lipinski definition) is 1. The zero-order valence-electron chi connectivity index (χ0n) is 16.9. The Morgan fingerprint density at radius 1 is 0.900 bits per heavy atom. The molecule has 1 N–H and O–H groups in total. The number of aromatic nitrogens is 1. The molecule has 0 bridgehead atoms. The highest BCUT2D eigenvalue weighted by Gasteiger charge is 2.18. The fourth-order valence-electron chi connectivity index (χ4n) is 3.76. The van der Waals surface area contributed by atoms with Crippen molar-refractivity contribution in [1.29, 1.82) is 0 Å². The third-order valence-corrected chi connectivity index (χ3v) is 5.38. The lowest BCUT2D eigenvalue weighted by Crippen LogP contribution is -2.36. The van der Waals surface area contributed by atoms with Gasteiger partial charge in [0.05, 0.1) is 24.6 Å². The lowest BCUT2D eigenvalue weighted by Gasteiger charge is -2.29. The number of nitrogens with zero attached hydrogens (tertiary/aromatic N) is 4. The Labute approximate surface area is 175 Å². The van der Waals surface area contributed by atoms with Crippen LogP contribution in [0.1, 0.15) is 22.3 Å². The zero-order chi connectivity index (χ0) is 20.3. The van der Waals surface area contributed by atoms with Crippen LogP contribution < -0.4 is 10.3 Å². The van der Waals surface area contributed by atoms with Crippen molar-refractivity contribution >= 4 is 22.9 Å². The Kier molecular flexibility index (Phi) is 4.99. The standard InChI is InChI=1S/C24H23N5O/c1-17-2-7-22-21(16-17)23(27-28-24(26-22)19-8-10-25-11-9-19)18-3-5-20(6-4-18)29-12-14-30-15-13-29/h2-11,16H,12-15H2,1H3,(H,26,28). The van der Waals surface area contributed by atoms with Gasteiger partial charge >= 0.3 is 0 Å². The first-order valence-electron chi connectivity index (χ1n) is 10.1. The number of aliphatic imine (C=N–C) groups is 1. The Hall–Kier alpha value is -3.51. The van der Waals surface area contributed by atoms with Gasteiger partial charge in [-0.05, 0) is 43.3 Å². The maximum absolute atomic E-state index is 5.47. The monoisotopic (exact) mass is 397 g/mol. The molecule has 2 aliphatic rings. The zero-order valence-corrected chi connectivity index (χ0v) is 16.9. The van der Waals surface area contributed by atoms with Gasteiger partial charge in [-0.15, -0.1) is 0 Å². The summed E-state index contributed by atoms with van der Waals surface area (Å²) in [6.45, 7) is 5.49. The summed E-state index contributed by atoms with van der Waals surface area (Å²) in [5, 5.41) is 4.76. The topological polar surface area (TPSA) is 62.1 Å². The van der Waals surface area contributed by atoms with Crippen molar-refractivity contribution < 1.29 is 4.74 Å². The van der Waals surface area contributed by atoms with Crippen LogP contribution in [0.15, 0.2) is 77.1 Å². The fourth-order valence-corrected chi connectivity index (χ4v) is 3.76. The van der Waals surface area contributed by atoms with E-state index in [1.54, 1.807) is 12.4 Å². The third-order valence-electron chi connectivity index (χ3n) is 5.38. The van der Waals surface area contributed by atoms with E-state index in [0.717, 1.165) is 54.4 Å². The van der Waals surface area contributed by atoms with Gasteiger partial charge in [-0.3, -0.25) is 10.4 Å². The minimum Gasteiger partial charge on any atom is -0.378 e. The molecule has 0 amide bonds. The molecule has 5 rings (SSSR count). The molecule has 1 fully saturated rings. The Morgan fingerprint density at radius 2 is 1.67 bits per heavy atom. The summed E-state index contributed by atoms with van der Waals surface area (Å²) in [5.41, 5.74) is 10.4. The molecule has 150 valence electrons. The van der Waals surface area contributed by atoms with Gasteiger partial charge in [-0.25, -0.2) is 4.99 Å². The van der Waals surface area contributed by atoms with Crippen molar-refractivity contribution in [2.24, 2.45) is 10.1 Å². The smallest absolute Gasteiger partial charge is 0.154 e. The second kappa shape index (κ2) is 8.08. The van der Waals surface area contributed by atoms with Crippen LogP contribution in [0.4, 0.5) is 11.4 Å². The molecule has 0 saturated carbocycles. The second-order valence-electron chi connectivity index (χ2n) is 7.44. The lowest BCUT2D eigenvalue weighted by atomic mass is 9.98. The largest absolute Gasteiger partial charge is 0.378 e. The van der Waals surface area contributed by atoms with Crippen LogP contribution in [0.3, 0.4) is 0 Å². The van der Waals surface area contributed by atoms with Crippen molar-refractivity contribution in [2.45, 2.75) is 6.92 Å². The number of anilines is 1. The van der Waals surface area contributed by atoms with E-state index in [1.165, 1.54) is 11.3 Å². The van der Waals surface area contributed by atoms with Crippen molar-refractivity contribution in [3.8, 4) is 0 Å². The second-order valence-corrected chi connectivity index (χ2v) is 7.44. The fraction of sp³-hybridized carbons (Fsp3) is 0.208. The molecule has 30 heavy (non-hydrogen) atoms. The average molecular weight is 397 g/mol. The highest BCUT2D eigenvalue weighted by molar-refractivity contribution is 6.18. The molecule has 6 nitrogen and oxygen atoms in total. The molecule has 1 saturated heterocycles. The first-order valence-corrected chi connectivity index (χ1v) is 10.1. The Bertz CT molecular complexity index is 1100. The number of nitrogens with one attached hydrogen (secondary N) is 1. The number of benzene rings is 2. The van der Waals surface area contributed by atoms with Gasteiger partial charge < -0.3 is 9.64 Å². The number of morpholine rings is 1. The number of rotatable bonds is 3. The van der Waals surface area contributed by atoms with E-state index < -0.39 is 0 Å². The SMILES string of the molecule is Cc1ccc2c(c1)C(c1ccc(N3CCOCC3)cc1)=NNC(c1ccncc1)=N2. The molecule has 0 aliphatic carbocycles. The van der Waals surface area contributed by atoms with Crippen LogP contribution in [-0.2, 0) is 4.74 Å². The molecule has 0 radical (unpaired) electrons. The van der Waals surface area contributed by atoms with Gasteiger partial charge in [0.2, 0.25) is 0 Å². The van der Waals surface area contributed by atoms with Gasteiger partial charge in [0.15, 0.2) is 5.84 Å². The van der Waals surface area contributed by atoms with Crippen LogP contribution in [0.5, 0.6) is 0 Å². The van der Waals surface area contributed by atoms with E-state index in [9.17, 15) is 0 Å². The summed E-state index contributed by atoms with van der Waals surface area (Å²) >= 11 is 0. The van der Waals surface area contributed by atoms with Gasteiger partial charge in [0.1, 0.15) is 0 Å². The third kappa shape index (κ3) is 3.69. The summed E-state index contributed by atoms with van der Waals surface area (Å²) in [7, 11) is 0. The maximum atomic E-state index is 5.47. The van der Waals surface area contributed by atoms with Crippen LogP contribution in [0, 0.1) is 6.92 Å². The molecular formula is C24H23N5O. The number of hydrazone groups is 1. The molecule has 0 spiro atoms. The number of pyridine rings is 1. The molecule has 0 unspecified atom stereocenters. The summed E-state index contributed by atoms with van der Waals surface area (Å²) in [5.74, 6) is 0.711. The molecule has 0 atom stereocenters. The first-order chi connectivity index (χ1) is 14.8. The normalized spacial score (nSPS) is 16.1. The maximum Gasteiger partial charge on any atom is 0.154 e. The van der Waals surface area contributed by atoms with Crippen LogP contribution in [0.25, 0.3) is 0 Å². The van der Waals surface area contributed by atoms with Crippen molar-refractivity contribution in [3.05, 3.63) is 89.2 Å². The van der Waals surface area contributed by atoms with Gasteiger partial charge in [-0.1, -0.05) is 23.8 Å². The Morgan fingerprint density at radius 3 is 2.43 bits per heavy atom. The number of amidine groups is 1. The molecule has 1 aromatic heterocycles. The summed E-state index contributed by atoms with van der Waals surface area (Å²) < 4.78 is 5.47. The predicted octanol–water partition coefficient (Wildman–Crippen LogP) is 3.66. The van der Waals surface area contributed by atoms with Gasteiger partial charge in [0, 0.05) is 47.9 Å². The molecular weight excluding hydrogens is 374 g/mol. The predicted molar refractivity (Wildman–Crippen MR) is 120 cm³/mol.